The average molecular weight is 379 g/mol. The van der Waals surface area contributed by atoms with Crippen LogP contribution in [0, 0.1) is 11.3 Å². The van der Waals surface area contributed by atoms with Crippen molar-refractivity contribution < 1.29 is 27.8 Å². The molecule has 2 rings (SSSR count). The summed E-state index contributed by atoms with van der Waals surface area (Å²) in [7, 11) is 0. The third-order valence-corrected chi connectivity index (χ3v) is 3.59. The molecule has 0 aliphatic rings. The first-order valence-electron chi connectivity index (χ1n) is 7.66. The van der Waals surface area contributed by atoms with Crippen LogP contribution in [0.3, 0.4) is 0 Å². The normalized spacial score (nSPS) is 13.3. The van der Waals surface area contributed by atoms with Gasteiger partial charge in [-0.2, -0.15) is 18.4 Å². The van der Waals surface area contributed by atoms with Gasteiger partial charge in [-0.15, -0.1) is 0 Å². The fraction of sp³-hybridized carbons (Fsp3) is 0.222. The number of nitrogens with one attached hydrogen (secondary N) is 1. The van der Waals surface area contributed by atoms with Gasteiger partial charge in [0, 0.05) is 11.4 Å². The van der Waals surface area contributed by atoms with Gasteiger partial charge in [0.15, 0.2) is 5.60 Å². The van der Waals surface area contributed by atoms with E-state index in [4.69, 9.17) is 15.7 Å². The molecule has 0 unspecified atom stereocenters. The standard InChI is InChI=1S/C18H16F3N3O3/c1-17(26,10-27-14-6-3-12(23)4-7-14)16(25)24-13-5-2-11(9-22)15(8-13)18(19,20)21/h2-8,26H,10,23H2,1H3,(H,24,25)/t17-/m0/s1. The average Bonchev–Trinajstić information content (AvgIpc) is 2.60. The topological polar surface area (TPSA) is 108 Å². The van der Waals surface area contributed by atoms with Crippen molar-refractivity contribution in [3.8, 4) is 11.8 Å². The van der Waals surface area contributed by atoms with Crippen LogP contribution in [0.15, 0.2) is 42.5 Å². The van der Waals surface area contributed by atoms with Gasteiger partial charge in [0.2, 0.25) is 0 Å². The minimum atomic E-state index is -4.76. The summed E-state index contributed by atoms with van der Waals surface area (Å²) in [6, 6.07) is 10.4. The Morgan fingerprint density at radius 1 is 1.26 bits per heavy atom. The number of amides is 1. The van der Waals surface area contributed by atoms with E-state index in [2.05, 4.69) is 5.32 Å². The van der Waals surface area contributed by atoms with Crippen molar-refractivity contribution in [1.29, 1.82) is 5.26 Å². The highest BCUT2D eigenvalue weighted by Crippen LogP contribution is 2.33. The SMILES string of the molecule is C[C@](O)(COc1ccc(N)cc1)C(=O)Nc1ccc(C#N)c(C(F)(F)F)c1. The van der Waals surface area contributed by atoms with Crippen molar-refractivity contribution in [2.45, 2.75) is 18.7 Å². The van der Waals surface area contributed by atoms with E-state index in [0.29, 0.717) is 17.5 Å². The number of rotatable bonds is 5. The number of carbonyl (C=O) groups is 1. The van der Waals surface area contributed by atoms with Gasteiger partial charge >= 0.3 is 6.18 Å². The maximum Gasteiger partial charge on any atom is 0.417 e. The molecule has 2 aromatic rings. The summed E-state index contributed by atoms with van der Waals surface area (Å²) in [5, 5.41) is 21.2. The van der Waals surface area contributed by atoms with Crippen LogP contribution < -0.4 is 15.8 Å². The fourth-order valence-electron chi connectivity index (χ4n) is 2.07. The van der Waals surface area contributed by atoms with Gasteiger partial charge in [0.25, 0.3) is 5.91 Å². The molecule has 142 valence electrons. The first kappa shape index (κ1) is 20.1. The molecular weight excluding hydrogens is 363 g/mol. The minimum Gasteiger partial charge on any atom is -0.490 e. The Kier molecular flexibility index (Phi) is 5.61. The number of hydrogen-bond acceptors (Lipinski definition) is 5. The maximum atomic E-state index is 13.0. The second-order valence-electron chi connectivity index (χ2n) is 5.96. The molecule has 0 bridgehead atoms. The Morgan fingerprint density at radius 2 is 1.89 bits per heavy atom. The number of nitrogens with zero attached hydrogens (tertiary/aromatic N) is 1. The number of anilines is 2. The lowest BCUT2D eigenvalue weighted by molar-refractivity contribution is -0.138. The van der Waals surface area contributed by atoms with Crippen LogP contribution >= 0.6 is 0 Å². The smallest absolute Gasteiger partial charge is 0.417 e. The summed E-state index contributed by atoms with van der Waals surface area (Å²) < 4.78 is 44.3. The van der Waals surface area contributed by atoms with Gasteiger partial charge in [-0.05, 0) is 49.4 Å². The number of carbonyl (C=O) groups excluding carboxylic acids is 1. The first-order valence-corrected chi connectivity index (χ1v) is 7.66. The number of nitrogen functional groups attached to an aromatic ring is 1. The quantitative estimate of drug-likeness (QED) is 0.692. The zero-order valence-electron chi connectivity index (χ0n) is 14.2. The second-order valence-corrected chi connectivity index (χ2v) is 5.96. The van der Waals surface area contributed by atoms with Gasteiger partial charge in [-0.25, -0.2) is 0 Å². The largest absolute Gasteiger partial charge is 0.490 e. The molecule has 27 heavy (non-hydrogen) atoms. The molecule has 1 atom stereocenters. The lowest BCUT2D eigenvalue weighted by Gasteiger charge is -2.23. The zero-order valence-corrected chi connectivity index (χ0v) is 14.2. The number of aliphatic hydroxyl groups is 1. The summed E-state index contributed by atoms with van der Waals surface area (Å²) in [6.07, 6.45) is -4.76. The maximum absolute atomic E-state index is 13.0. The highest BCUT2D eigenvalue weighted by atomic mass is 19.4. The molecule has 6 nitrogen and oxygen atoms in total. The van der Waals surface area contributed by atoms with Crippen molar-refractivity contribution in [2.75, 3.05) is 17.7 Å². The number of halogens is 3. The third-order valence-electron chi connectivity index (χ3n) is 3.59. The highest BCUT2D eigenvalue weighted by molar-refractivity contribution is 5.97. The van der Waals surface area contributed by atoms with E-state index in [-0.39, 0.29) is 5.69 Å². The van der Waals surface area contributed by atoms with E-state index < -0.39 is 35.4 Å². The lowest BCUT2D eigenvalue weighted by Crippen LogP contribution is -2.45. The minimum absolute atomic E-state index is 0.209. The Hall–Kier alpha value is -3.25. The van der Waals surface area contributed by atoms with Crippen LogP contribution in [0.2, 0.25) is 0 Å². The van der Waals surface area contributed by atoms with Crippen LogP contribution in [0.1, 0.15) is 18.1 Å². The van der Waals surface area contributed by atoms with Crippen LogP contribution in [0.5, 0.6) is 5.75 Å². The van der Waals surface area contributed by atoms with E-state index in [1.165, 1.54) is 6.07 Å². The Balaban J connectivity index is 2.11. The molecule has 0 aliphatic heterocycles. The van der Waals surface area contributed by atoms with E-state index in [1.807, 2.05) is 0 Å². The Bertz CT molecular complexity index is 872. The Morgan fingerprint density at radius 3 is 2.44 bits per heavy atom. The Labute approximate surface area is 153 Å². The molecule has 0 radical (unpaired) electrons. The lowest BCUT2D eigenvalue weighted by atomic mass is 10.1. The van der Waals surface area contributed by atoms with Crippen molar-refractivity contribution in [2.24, 2.45) is 0 Å². The van der Waals surface area contributed by atoms with Gasteiger partial charge in [0.1, 0.15) is 12.4 Å². The van der Waals surface area contributed by atoms with Crippen LogP contribution in [-0.2, 0) is 11.0 Å². The predicted molar refractivity (Wildman–Crippen MR) is 91.8 cm³/mol. The van der Waals surface area contributed by atoms with Gasteiger partial charge in [-0.3, -0.25) is 4.79 Å². The van der Waals surface area contributed by atoms with Crippen LogP contribution in [0.4, 0.5) is 24.5 Å². The number of benzene rings is 2. The van der Waals surface area contributed by atoms with Crippen LogP contribution in [-0.4, -0.2) is 23.2 Å². The molecule has 0 saturated carbocycles. The van der Waals surface area contributed by atoms with Crippen LogP contribution in [0.25, 0.3) is 0 Å². The van der Waals surface area contributed by atoms with E-state index in [1.54, 1.807) is 24.3 Å². The zero-order chi connectivity index (χ0) is 20.2. The summed E-state index contributed by atoms with van der Waals surface area (Å²) >= 11 is 0. The van der Waals surface area contributed by atoms with Gasteiger partial charge in [0.05, 0.1) is 17.2 Å². The summed E-state index contributed by atoms with van der Waals surface area (Å²) in [5.41, 5.74) is 2.06. The summed E-state index contributed by atoms with van der Waals surface area (Å²) in [6.45, 7) is 0.721. The molecule has 4 N–H and O–H groups in total. The number of alkyl halides is 3. The van der Waals surface area contributed by atoms with E-state index in [9.17, 15) is 23.1 Å². The van der Waals surface area contributed by atoms with Crippen molar-refractivity contribution in [1.82, 2.24) is 0 Å². The van der Waals surface area contributed by atoms with Crippen molar-refractivity contribution >= 4 is 17.3 Å². The monoisotopic (exact) mass is 379 g/mol. The highest BCUT2D eigenvalue weighted by Gasteiger charge is 2.35. The molecule has 0 aromatic heterocycles. The fourth-order valence-corrected chi connectivity index (χ4v) is 2.07. The number of ether oxygens (including phenoxy) is 1. The molecule has 1 amide bonds. The molecule has 0 saturated heterocycles. The molecule has 0 heterocycles. The molecule has 0 aliphatic carbocycles. The number of nitrogens with two attached hydrogens (primary N) is 1. The van der Waals surface area contributed by atoms with Gasteiger partial charge in [-0.1, -0.05) is 0 Å². The molecular formula is C18H16F3N3O3. The number of hydrogen-bond donors (Lipinski definition) is 3. The molecule has 0 spiro atoms. The summed E-state index contributed by atoms with van der Waals surface area (Å²) in [4.78, 5) is 12.2. The van der Waals surface area contributed by atoms with E-state index in [0.717, 1.165) is 19.1 Å². The third kappa shape index (κ3) is 5.12. The van der Waals surface area contributed by atoms with Crippen molar-refractivity contribution in [3.05, 3.63) is 53.6 Å². The first-order chi connectivity index (χ1) is 12.5. The predicted octanol–water partition coefficient (Wildman–Crippen LogP) is 2.93. The summed E-state index contributed by atoms with van der Waals surface area (Å²) in [5.74, 6) is -0.606. The molecule has 9 heteroatoms. The number of nitriles is 1. The van der Waals surface area contributed by atoms with Gasteiger partial charge < -0.3 is 20.9 Å². The second kappa shape index (κ2) is 7.55. The molecule has 2 aromatic carbocycles. The van der Waals surface area contributed by atoms with E-state index >= 15 is 0 Å². The van der Waals surface area contributed by atoms with Crippen molar-refractivity contribution in [3.63, 3.8) is 0 Å². The molecule has 0 fully saturated rings.